The quantitative estimate of drug-likeness (QED) is 0.758. The lowest BCUT2D eigenvalue weighted by Crippen LogP contribution is -2.37. The summed E-state index contributed by atoms with van der Waals surface area (Å²) in [6.45, 7) is 6.26. The van der Waals surface area contributed by atoms with Gasteiger partial charge in [-0.05, 0) is 44.7 Å². The Hall–Kier alpha value is -1.76. The van der Waals surface area contributed by atoms with Crippen LogP contribution in [0.2, 0.25) is 0 Å². The van der Waals surface area contributed by atoms with Gasteiger partial charge < -0.3 is 14.0 Å². The summed E-state index contributed by atoms with van der Waals surface area (Å²) in [5, 5.41) is 4.20. The minimum Gasteiger partial charge on any atom is -0.377 e. The average molecular weight is 357 g/mol. The zero-order valence-electron chi connectivity index (χ0n) is 15.4. The molecule has 4 rings (SSSR count). The fourth-order valence-electron chi connectivity index (χ4n) is 3.77. The van der Waals surface area contributed by atoms with E-state index in [1.165, 1.54) is 5.56 Å². The summed E-state index contributed by atoms with van der Waals surface area (Å²) in [7, 11) is 0. The second-order valence-corrected chi connectivity index (χ2v) is 7.35. The van der Waals surface area contributed by atoms with Crippen LogP contribution in [0.1, 0.15) is 37.1 Å². The Morgan fingerprint density at radius 2 is 1.81 bits per heavy atom. The number of aryl methyl sites for hydroxylation is 1. The van der Waals surface area contributed by atoms with Crippen molar-refractivity contribution < 1.29 is 14.0 Å². The maximum Gasteiger partial charge on any atom is 0.257 e. The molecule has 0 saturated carbocycles. The van der Waals surface area contributed by atoms with E-state index in [-0.39, 0.29) is 0 Å². The first-order chi connectivity index (χ1) is 12.8. The van der Waals surface area contributed by atoms with Crippen molar-refractivity contribution in [2.45, 2.75) is 51.4 Å². The molecular weight excluding hydrogens is 330 g/mol. The van der Waals surface area contributed by atoms with Crippen LogP contribution in [0, 0.1) is 6.92 Å². The summed E-state index contributed by atoms with van der Waals surface area (Å²) in [6.07, 6.45) is 5.17. The predicted molar refractivity (Wildman–Crippen MR) is 97.7 cm³/mol. The monoisotopic (exact) mass is 357 g/mol. The van der Waals surface area contributed by atoms with Gasteiger partial charge in [0.15, 0.2) is 5.82 Å². The Morgan fingerprint density at radius 3 is 2.42 bits per heavy atom. The molecule has 0 spiro atoms. The lowest BCUT2D eigenvalue weighted by Gasteiger charge is -2.26. The maximum absolute atomic E-state index is 5.83. The molecule has 0 aliphatic carbocycles. The molecule has 2 aromatic rings. The first-order valence-corrected chi connectivity index (χ1v) is 9.61. The van der Waals surface area contributed by atoms with Gasteiger partial charge in [-0.15, -0.1) is 0 Å². The van der Waals surface area contributed by atoms with Crippen LogP contribution in [0.5, 0.6) is 0 Å². The predicted octanol–water partition coefficient (Wildman–Crippen LogP) is 3.21. The summed E-state index contributed by atoms with van der Waals surface area (Å²) in [5.74, 6) is 1.30. The smallest absolute Gasteiger partial charge is 0.257 e. The highest BCUT2D eigenvalue weighted by molar-refractivity contribution is 5.53. The zero-order valence-corrected chi connectivity index (χ0v) is 15.4. The molecule has 2 fully saturated rings. The third-order valence-electron chi connectivity index (χ3n) is 5.07. The van der Waals surface area contributed by atoms with Crippen LogP contribution in [0.3, 0.4) is 0 Å². The minimum atomic E-state index is 0.305. The summed E-state index contributed by atoms with van der Waals surface area (Å²) in [4.78, 5) is 6.97. The van der Waals surface area contributed by atoms with Crippen LogP contribution in [-0.4, -0.2) is 53.6 Å². The molecule has 3 heterocycles. The fraction of sp³-hybridized carbons (Fsp3) is 0.600. The molecule has 2 unspecified atom stereocenters. The molecule has 2 atom stereocenters. The van der Waals surface area contributed by atoms with Gasteiger partial charge in [0.2, 0.25) is 0 Å². The second kappa shape index (κ2) is 8.29. The number of nitrogens with zero attached hydrogens (tertiary/aromatic N) is 3. The molecule has 26 heavy (non-hydrogen) atoms. The van der Waals surface area contributed by atoms with Crippen molar-refractivity contribution in [2.75, 3.05) is 26.3 Å². The summed E-state index contributed by atoms with van der Waals surface area (Å²) in [5.41, 5.74) is 2.15. The van der Waals surface area contributed by atoms with Crippen molar-refractivity contribution in [3.05, 3.63) is 35.7 Å². The van der Waals surface area contributed by atoms with E-state index in [0.29, 0.717) is 24.6 Å². The lowest BCUT2D eigenvalue weighted by molar-refractivity contribution is 0.0334. The number of ether oxygens (including phenoxy) is 2. The van der Waals surface area contributed by atoms with Gasteiger partial charge in [-0.2, -0.15) is 4.98 Å². The highest BCUT2D eigenvalue weighted by Crippen LogP contribution is 2.21. The topological polar surface area (TPSA) is 60.6 Å². The van der Waals surface area contributed by atoms with Gasteiger partial charge in [0.25, 0.3) is 5.89 Å². The van der Waals surface area contributed by atoms with E-state index in [1.807, 2.05) is 12.1 Å². The van der Waals surface area contributed by atoms with Crippen LogP contribution < -0.4 is 0 Å². The number of aromatic nitrogens is 2. The van der Waals surface area contributed by atoms with Crippen LogP contribution in [0.4, 0.5) is 0 Å². The molecule has 6 nitrogen and oxygen atoms in total. The molecule has 1 aromatic heterocycles. The normalized spacial score (nSPS) is 23.2. The van der Waals surface area contributed by atoms with Crippen LogP contribution in [0.15, 0.2) is 28.8 Å². The van der Waals surface area contributed by atoms with Crippen molar-refractivity contribution >= 4 is 0 Å². The van der Waals surface area contributed by atoms with Crippen LogP contribution in [0.25, 0.3) is 11.5 Å². The van der Waals surface area contributed by atoms with E-state index in [2.05, 4.69) is 34.1 Å². The maximum atomic E-state index is 5.83. The van der Waals surface area contributed by atoms with E-state index in [4.69, 9.17) is 14.0 Å². The Labute approximate surface area is 154 Å². The van der Waals surface area contributed by atoms with Gasteiger partial charge in [0.1, 0.15) is 0 Å². The van der Waals surface area contributed by atoms with Gasteiger partial charge in [-0.3, -0.25) is 4.90 Å². The molecule has 1 aromatic carbocycles. The second-order valence-electron chi connectivity index (χ2n) is 7.35. The molecular formula is C20H27N3O3. The molecule has 140 valence electrons. The van der Waals surface area contributed by atoms with Crippen molar-refractivity contribution in [1.29, 1.82) is 0 Å². The largest absolute Gasteiger partial charge is 0.377 e. The van der Waals surface area contributed by atoms with Gasteiger partial charge >= 0.3 is 0 Å². The van der Waals surface area contributed by atoms with E-state index in [9.17, 15) is 0 Å². The van der Waals surface area contributed by atoms with Gasteiger partial charge in [0.05, 0.1) is 18.8 Å². The molecule has 6 heteroatoms. The summed E-state index contributed by atoms with van der Waals surface area (Å²) in [6, 6.07) is 8.13. The molecule has 2 aliphatic heterocycles. The minimum absolute atomic E-state index is 0.305. The lowest BCUT2D eigenvalue weighted by atomic mass is 10.1. The number of hydrogen-bond acceptors (Lipinski definition) is 6. The van der Waals surface area contributed by atoms with E-state index >= 15 is 0 Å². The van der Waals surface area contributed by atoms with Crippen molar-refractivity contribution in [2.24, 2.45) is 0 Å². The van der Waals surface area contributed by atoms with E-state index in [1.54, 1.807) is 0 Å². The van der Waals surface area contributed by atoms with E-state index < -0.39 is 0 Å². The van der Waals surface area contributed by atoms with E-state index in [0.717, 1.165) is 63.4 Å². The SMILES string of the molecule is Cc1cccc(-c2nc(CN(CC3CCCO3)CC3CCCO3)no2)c1. The molecule has 2 saturated heterocycles. The van der Waals surface area contributed by atoms with Crippen molar-refractivity contribution in [3.63, 3.8) is 0 Å². The van der Waals surface area contributed by atoms with Crippen LogP contribution >= 0.6 is 0 Å². The number of benzene rings is 1. The van der Waals surface area contributed by atoms with Crippen molar-refractivity contribution in [3.8, 4) is 11.5 Å². The molecule has 0 radical (unpaired) electrons. The van der Waals surface area contributed by atoms with Crippen molar-refractivity contribution in [1.82, 2.24) is 15.0 Å². The third kappa shape index (κ3) is 4.50. The average Bonchev–Trinajstić information content (AvgIpc) is 3.37. The Balaban J connectivity index is 1.44. The van der Waals surface area contributed by atoms with Gasteiger partial charge in [0, 0.05) is 31.9 Å². The molecule has 0 amide bonds. The highest BCUT2D eigenvalue weighted by Gasteiger charge is 2.25. The third-order valence-corrected chi connectivity index (χ3v) is 5.07. The Morgan fingerprint density at radius 1 is 1.08 bits per heavy atom. The zero-order chi connectivity index (χ0) is 17.8. The Bertz CT molecular complexity index is 688. The summed E-state index contributed by atoms with van der Waals surface area (Å²) >= 11 is 0. The molecule has 0 bridgehead atoms. The highest BCUT2D eigenvalue weighted by atomic mass is 16.5. The number of hydrogen-bond donors (Lipinski definition) is 0. The van der Waals surface area contributed by atoms with Crippen LogP contribution in [-0.2, 0) is 16.0 Å². The van der Waals surface area contributed by atoms with Gasteiger partial charge in [-0.1, -0.05) is 22.9 Å². The Kier molecular flexibility index (Phi) is 5.62. The fourth-order valence-corrected chi connectivity index (χ4v) is 3.77. The number of rotatable bonds is 7. The first-order valence-electron chi connectivity index (χ1n) is 9.61. The standard InChI is InChI=1S/C20H27N3O3/c1-15-5-2-6-16(11-15)20-21-19(22-26-20)14-23(12-17-7-3-9-24-17)13-18-8-4-10-25-18/h2,5-6,11,17-18H,3-4,7-10,12-14H2,1H3. The molecule has 0 N–H and O–H groups in total. The first kappa shape index (κ1) is 17.6. The van der Waals surface area contributed by atoms with Gasteiger partial charge in [-0.25, -0.2) is 0 Å². The molecule has 2 aliphatic rings. The summed E-state index contributed by atoms with van der Waals surface area (Å²) < 4.78 is 17.1.